The minimum atomic E-state index is -0.993. The quantitative estimate of drug-likeness (QED) is 0.718. The Morgan fingerprint density at radius 2 is 2.05 bits per heavy atom. The Kier molecular flexibility index (Phi) is 3.69. The summed E-state index contributed by atoms with van der Waals surface area (Å²) in [4.78, 5) is 15.5. The maximum absolute atomic E-state index is 11.1. The van der Waals surface area contributed by atoms with Gasteiger partial charge in [0.1, 0.15) is 6.54 Å². The number of carbonyl (C=O) groups is 1. The molecule has 0 unspecified atom stereocenters. The molecule has 0 aliphatic heterocycles. The third kappa shape index (κ3) is 2.66. The van der Waals surface area contributed by atoms with Crippen LogP contribution < -0.4 is 0 Å². The van der Waals surface area contributed by atoms with Crippen molar-refractivity contribution >= 4 is 56.1 Å². The molecule has 2 aromatic heterocycles. The lowest BCUT2D eigenvalue weighted by atomic mass is 10.3. The van der Waals surface area contributed by atoms with Gasteiger partial charge in [-0.2, -0.15) is 0 Å². The maximum atomic E-state index is 11.1. The average molecular weight is 390 g/mol. The van der Waals surface area contributed by atoms with Crippen LogP contribution >= 0.6 is 39.1 Å². The van der Waals surface area contributed by atoms with Gasteiger partial charge in [0.15, 0.2) is 16.3 Å². The molecule has 0 aliphatic carbocycles. The number of hydrogen-bond donors (Lipinski definition) is 1. The molecule has 0 aliphatic rings. The van der Waals surface area contributed by atoms with Gasteiger partial charge in [-0.1, -0.05) is 23.2 Å². The lowest BCUT2D eigenvalue weighted by molar-refractivity contribution is -0.137. The molecule has 0 bridgehead atoms. The molecule has 0 spiro atoms. The Morgan fingerprint density at radius 1 is 1.33 bits per heavy atom. The molecule has 0 radical (unpaired) electrons. The minimum absolute atomic E-state index is 0.262. The van der Waals surface area contributed by atoms with Gasteiger partial charge in [0, 0.05) is 0 Å². The summed E-state index contributed by atoms with van der Waals surface area (Å²) in [6.07, 6.45) is 0. The van der Waals surface area contributed by atoms with Gasteiger partial charge in [0.25, 0.3) is 0 Å². The first kappa shape index (κ1) is 14.4. The first-order valence-corrected chi connectivity index (χ1v) is 7.33. The van der Waals surface area contributed by atoms with E-state index in [4.69, 9.17) is 32.7 Å². The first-order chi connectivity index (χ1) is 9.95. The Balaban J connectivity index is 2.29. The summed E-state index contributed by atoms with van der Waals surface area (Å²) < 4.78 is 7.51. The van der Waals surface area contributed by atoms with Gasteiger partial charge in [-0.15, -0.1) is 0 Å². The minimum Gasteiger partial charge on any atom is -0.480 e. The highest BCUT2D eigenvalue weighted by atomic mass is 79.9. The fraction of sp³-hybridized carbons (Fsp3) is 0.0769. The number of carboxylic acid groups (broad SMARTS) is 1. The second kappa shape index (κ2) is 5.36. The molecule has 1 aromatic carbocycles. The van der Waals surface area contributed by atoms with E-state index in [1.165, 1.54) is 4.57 Å². The van der Waals surface area contributed by atoms with Crippen molar-refractivity contribution in [2.75, 3.05) is 0 Å². The molecule has 3 aromatic rings. The van der Waals surface area contributed by atoms with Crippen molar-refractivity contribution in [1.82, 2.24) is 9.55 Å². The molecular weight excluding hydrogens is 383 g/mol. The molecule has 1 N–H and O–H groups in total. The predicted molar refractivity (Wildman–Crippen MR) is 82.8 cm³/mol. The normalized spacial score (nSPS) is 11.2. The van der Waals surface area contributed by atoms with Gasteiger partial charge in [-0.05, 0) is 40.2 Å². The molecule has 8 heteroatoms. The SMILES string of the molecule is O=C(O)Cn1c(-c2ccc(Br)o2)nc2cc(Cl)c(Cl)cc21. The van der Waals surface area contributed by atoms with E-state index >= 15 is 0 Å². The van der Waals surface area contributed by atoms with Crippen LogP contribution in [0.25, 0.3) is 22.6 Å². The Morgan fingerprint density at radius 3 is 2.67 bits per heavy atom. The van der Waals surface area contributed by atoms with Gasteiger partial charge in [-0.25, -0.2) is 4.98 Å². The molecule has 5 nitrogen and oxygen atoms in total. The number of hydrogen-bond acceptors (Lipinski definition) is 3. The third-order valence-corrected chi connectivity index (χ3v) is 4.03. The van der Waals surface area contributed by atoms with Crippen LogP contribution in [-0.4, -0.2) is 20.6 Å². The van der Waals surface area contributed by atoms with Crippen LogP contribution in [0.2, 0.25) is 10.0 Å². The monoisotopic (exact) mass is 388 g/mol. The highest BCUT2D eigenvalue weighted by Crippen LogP contribution is 2.32. The van der Waals surface area contributed by atoms with Crippen LogP contribution in [0, 0.1) is 0 Å². The summed E-state index contributed by atoms with van der Waals surface area (Å²) in [7, 11) is 0. The van der Waals surface area contributed by atoms with E-state index in [0.29, 0.717) is 37.3 Å². The molecule has 2 heterocycles. The molecular formula is C13H7BrCl2N2O3. The summed E-state index contributed by atoms with van der Waals surface area (Å²) >= 11 is 15.2. The van der Waals surface area contributed by atoms with E-state index in [1.54, 1.807) is 24.3 Å². The largest absolute Gasteiger partial charge is 0.480 e. The van der Waals surface area contributed by atoms with E-state index in [0.717, 1.165) is 0 Å². The van der Waals surface area contributed by atoms with Crippen LogP contribution in [0.15, 0.2) is 33.4 Å². The van der Waals surface area contributed by atoms with Gasteiger partial charge < -0.3 is 14.1 Å². The smallest absolute Gasteiger partial charge is 0.323 e. The zero-order chi connectivity index (χ0) is 15.1. The van der Waals surface area contributed by atoms with E-state index in [1.807, 2.05) is 0 Å². The van der Waals surface area contributed by atoms with E-state index in [2.05, 4.69) is 20.9 Å². The zero-order valence-electron chi connectivity index (χ0n) is 10.3. The molecule has 0 fully saturated rings. The highest BCUT2D eigenvalue weighted by molar-refractivity contribution is 9.10. The van der Waals surface area contributed by atoms with Gasteiger partial charge >= 0.3 is 5.97 Å². The van der Waals surface area contributed by atoms with Gasteiger partial charge in [0.2, 0.25) is 0 Å². The summed E-state index contributed by atoms with van der Waals surface area (Å²) in [5.41, 5.74) is 1.13. The van der Waals surface area contributed by atoms with Crippen LogP contribution in [0.3, 0.4) is 0 Å². The lowest BCUT2D eigenvalue weighted by Gasteiger charge is -2.04. The fourth-order valence-corrected chi connectivity index (χ4v) is 2.66. The Hall–Kier alpha value is -1.50. The first-order valence-electron chi connectivity index (χ1n) is 5.78. The van der Waals surface area contributed by atoms with E-state index in [9.17, 15) is 4.79 Å². The van der Waals surface area contributed by atoms with Crippen molar-refractivity contribution in [2.45, 2.75) is 6.54 Å². The zero-order valence-corrected chi connectivity index (χ0v) is 13.4. The van der Waals surface area contributed by atoms with E-state index < -0.39 is 5.97 Å². The van der Waals surface area contributed by atoms with E-state index in [-0.39, 0.29) is 6.54 Å². The second-order valence-electron chi connectivity index (χ2n) is 4.27. The Labute approximate surface area is 137 Å². The van der Waals surface area contributed by atoms with Crippen LogP contribution in [0.1, 0.15) is 0 Å². The summed E-state index contributed by atoms with van der Waals surface area (Å²) in [6.45, 7) is -0.262. The Bertz CT molecular complexity index is 857. The highest BCUT2D eigenvalue weighted by Gasteiger charge is 2.18. The standard InChI is InChI=1S/C13H7BrCl2N2O3/c14-11-2-1-10(21-11)13-17-8-3-6(15)7(16)4-9(8)18(13)5-12(19)20/h1-4H,5H2,(H,19,20). The molecule has 21 heavy (non-hydrogen) atoms. The summed E-state index contributed by atoms with van der Waals surface area (Å²) in [5.74, 6) is -0.143. The van der Waals surface area contributed by atoms with Crippen molar-refractivity contribution < 1.29 is 14.3 Å². The number of carboxylic acids is 1. The van der Waals surface area contributed by atoms with Crippen molar-refractivity contribution in [3.05, 3.63) is 39.0 Å². The predicted octanol–water partition coefficient (Wildman–Crippen LogP) is 4.45. The number of aromatic nitrogens is 2. The van der Waals surface area contributed by atoms with Crippen molar-refractivity contribution in [1.29, 1.82) is 0 Å². The second-order valence-corrected chi connectivity index (χ2v) is 5.87. The lowest BCUT2D eigenvalue weighted by Crippen LogP contribution is -2.09. The maximum Gasteiger partial charge on any atom is 0.323 e. The molecule has 108 valence electrons. The topological polar surface area (TPSA) is 68.3 Å². The fourth-order valence-electron chi connectivity index (χ4n) is 2.04. The number of furan rings is 1. The molecule has 3 rings (SSSR count). The summed E-state index contributed by atoms with van der Waals surface area (Å²) in [5, 5.41) is 9.79. The number of benzene rings is 1. The number of aliphatic carboxylic acids is 1. The summed E-state index contributed by atoms with van der Waals surface area (Å²) in [6, 6.07) is 6.60. The van der Waals surface area contributed by atoms with Crippen molar-refractivity contribution in [3.63, 3.8) is 0 Å². The molecule has 0 atom stereocenters. The number of nitrogens with zero attached hydrogens (tertiary/aromatic N) is 2. The number of rotatable bonds is 3. The molecule has 0 saturated heterocycles. The van der Waals surface area contributed by atoms with Crippen molar-refractivity contribution in [2.24, 2.45) is 0 Å². The van der Waals surface area contributed by atoms with Crippen LogP contribution in [-0.2, 0) is 11.3 Å². The van der Waals surface area contributed by atoms with Crippen molar-refractivity contribution in [3.8, 4) is 11.6 Å². The number of imidazole rings is 1. The van der Waals surface area contributed by atoms with Gasteiger partial charge in [-0.3, -0.25) is 4.79 Å². The van der Waals surface area contributed by atoms with Gasteiger partial charge in [0.05, 0.1) is 21.1 Å². The number of fused-ring (bicyclic) bond motifs is 1. The third-order valence-electron chi connectivity index (χ3n) is 2.88. The van der Waals surface area contributed by atoms with Crippen LogP contribution in [0.4, 0.5) is 0 Å². The average Bonchev–Trinajstić information content (AvgIpc) is 2.95. The molecule has 0 saturated carbocycles. The van der Waals surface area contributed by atoms with Crippen LogP contribution in [0.5, 0.6) is 0 Å². The number of halogens is 3. The molecule has 0 amide bonds.